The van der Waals surface area contributed by atoms with Crippen LogP contribution in [0.5, 0.6) is 0 Å². The van der Waals surface area contributed by atoms with Crippen LogP contribution in [0.4, 0.5) is 0 Å². The molecule has 1 fully saturated rings. The monoisotopic (exact) mass is 260 g/mol. The van der Waals surface area contributed by atoms with Crippen molar-refractivity contribution < 1.29 is 29.4 Å². The van der Waals surface area contributed by atoms with E-state index in [1.807, 2.05) is 0 Å². The maximum atomic E-state index is 9.37. The van der Waals surface area contributed by atoms with Gasteiger partial charge < -0.3 is 5.11 Å². The van der Waals surface area contributed by atoms with Crippen molar-refractivity contribution in [3.8, 4) is 0 Å². The van der Waals surface area contributed by atoms with Crippen molar-refractivity contribution in [2.45, 2.75) is 51.9 Å². The molecule has 74 valence electrons. The van der Waals surface area contributed by atoms with Crippen LogP contribution >= 0.6 is 0 Å². The third kappa shape index (κ3) is 12.7. The first-order valence-corrected chi connectivity index (χ1v) is 4.49. The molecule has 0 aromatic rings. The molecule has 1 aliphatic carbocycles. The zero-order chi connectivity index (χ0) is 8.53. The topological polar surface area (TPSA) is 37.3 Å². The van der Waals surface area contributed by atoms with E-state index in [0.717, 1.165) is 0 Å². The number of carbonyl (C=O) groups is 1. The molecule has 0 saturated heterocycles. The third-order valence-corrected chi connectivity index (χ3v) is 1.80. The molecule has 3 heteroatoms. The first-order valence-electron chi connectivity index (χ1n) is 4.49. The van der Waals surface area contributed by atoms with E-state index >= 15 is 0 Å². The molecule has 0 amide bonds. The van der Waals surface area contributed by atoms with Crippen LogP contribution in [0.2, 0.25) is 0 Å². The van der Waals surface area contributed by atoms with Crippen LogP contribution in [0.1, 0.15) is 51.9 Å². The summed E-state index contributed by atoms with van der Waals surface area (Å²) in [5.41, 5.74) is 0. The van der Waals surface area contributed by atoms with Crippen molar-refractivity contribution in [3.05, 3.63) is 0 Å². The quantitative estimate of drug-likeness (QED) is 0.735. The van der Waals surface area contributed by atoms with Crippen molar-refractivity contribution in [2.24, 2.45) is 0 Å². The minimum atomic E-state index is -0.745. The molecule has 0 radical (unpaired) electrons. The number of hydrogen-bond donors (Lipinski definition) is 1. The summed E-state index contributed by atoms with van der Waals surface area (Å²) >= 11 is 0. The van der Waals surface area contributed by atoms with Crippen molar-refractivity contribution >= 4 is 5.97 Å². The smallest absolute Gasteiger partial charge is 0.303 e. The summed E-state index contributed by atoms with van der Waals surface area (Å²) in [5, 5.41) is 7.72. The molecular formula is C9H18O2Ru. The van der Waals surface area contributed by atoms with Crippen LogP contribution in [-0.2, 0) is 24.3 Å². The number of carboxylic acid groups (broad SMARTS) is 1. The predicted molar refractivity (Wildman–Crippen MR) is 45.6 cm³/mol. The number of rotatable bonds is 1. The minimum Gasteiger partial charge on any atom is -0.481 e. The van der Waals surface area contributed by atoms with Crippen LogP contribution in [-0.4, -0.2) is 11.1 Å². The maximum Gasteiger partial charge on any atom is 0.303 e. The van der Waals surface area contributed by atoms with E-state index in [-0.39, 0.29) is 25.9 Å². The van der Waals surface area contributed by atoms with Crippen molar-refractivity contribution in [1.82, 2.24) is 0 Å². The summed E-state index contributed by atoms with van der Waals surface area (Å²) in [5.74, 6) is -0.745. The van der Waals surface area contributed by atoms with Gasteiger partial charge in [-0.1, -0.05) is 45.4 Å². The Morgan fingerprint density at radius 2 is 1.25 bits per heavy atom. The molecule has 0 aliphatic heterocycles. The summed E-state index contributed by atoms with van der Waals surface area (Å²) < 4.78 is 0. The first-order chi connectivity index (χ1) is 5.27. The molecule has 1 rings (SSSR count). The Morgan fingerprint density at radius 3 is 1.33 bits per heavy atom. The Bertz CT molecular complexity index is 89.2. The molecular weight excluding hydrogens is 241 g/mol. The predicted octanol–water partition coefficient (Wildman–Crippen LogP) is 2.82. The van der Waals surface area contributed by atoms with E-state index in [9.17, 15) is 4.79 Å². The molecule has 0 atom stereocenters. The molecule has 1 N–H and O–H groups in total. The number of carboxylic acids is 1. The zero-order valence-corrected chi connectivity index (χ0v) is 9.40. The summed E-state index contributed by atoms with van der Waals surface area (Å²) in [6.07, 6.45) is 9.22. The van der Waals surface area contributed by atoms with Gasteiger partial charge in [-0.2, -0.15) is 0 Å². The van der Waals surface area contributed by atoms with Gasteiger partial charge in [0.1, 0.15) is 0 Å². The second-order valence-corrected chi connectivity index (χ2v) is 2.87. The fourth-order valence-corrected chi connectivity index (χ4v) is 1.06. The van der Waals surface area contributed by atoms with Gasteiger partial charge in [-0.15, -0.1) is 0 Å². The second-order valence-electron chi connectivity index (χ2n) is 2.87. The standard InChI is InChI=1S/C6H12.C3H6O2.Ru/c1-2-4-6-5-3-1;1-2-3(4)5;/h1-6H2;2H2,1H3,(H,4,5);. The van der Waals surface area contributed by atoms with Gasteiger partial charge in [0.05, 0.1) is 0 Å². The maximum absolute atomic E-state index is 9.37. The SMILES string of the molecule is C1CCCCC1.CCC(=O)O.[Ru]. The van der Waals surface area contributed by atoms with Crippen molar-refractivity contribution in [3.63, 3.8) is 0 Å². The number of aliphatic carboxylic acids is 1. The fraction of sp³-hybridized carbons (Fsp3) is 0.889. The van der Waals surface area contributed by atoms with Crippen molar-refractivity contribution in [1.29, 1.82) is 0 Å². The van der Waals surface area contributed by atoms with Gasteiger partial charge in [0.2, 0.25) is 0 Å². The van der Waals surface area contributed by atoms with E-state index in [4.69, 9.17) is 5.11 Å². The van der Waals surface area contributed by atoms with E-state index < -0.39 is 5.97 Å². The summed E-state index contributed by atoms with van der Waals surface area (Å²) in [6, 6.07) is 0. The Kier molecular flexibility index (Phi) is 13.5. The van der Waals surface area contributed by atoms with E-state index in [2.05, 4.69) is 0 Å². The van der Waals surface area contributed by atoms with Crippen LogP contribution in [0, 0.1) is 0 Å². The van der Waals surface area contributed by atoms with Gasteiger partial charge >= 0.3 is 5.97 Å². The summed E-state index contributed by atoms with van der Waals surface area (Å²) in [7, 11) is 0. The number of hydrogen-bond acceptors (Lipinski definition) is 1. The van der Waals surface area contributed by atoms with Gasteiger partial charge in [-0.05, 0) is 0 Å². The molecule has 0 bridgehead atoms. The van der Waals surface area contributed by atoms with Gasteiger partial charge in [0.25, 0.3) is 0 Å². The second kappa shape index (κ2) is 11.1. The van der Waals surface area contributed by atoms with Crippen LogP contribution in [0.25, 0.3) is 0 Å². The third-order valence-electron chi connectivity index (χ3n) is 1.80. The van der Waals surface area contributed by atoms with Crippen LogP contribution in [0.3, 0.4) is 0 Å². The molecule has 1 saturated carbocycles. The van der Waals surface area contributed by atoms with Gasteiger partial charge in [0.15, 0.2) is 0 Å². The molecule has 0 unspecified atom stereocenters. The Labute approximate surface area is 87.5 Å². The normalized spacial score (nSPS) is 15.1. The molecule has 0 spiro atoms. The molecule has 2 nitrogen and oxygen atoms in total. The summed E-state index contributed by atoms with van der Waals surface area (Å²) in [6.45, 7) is 1.60. The fourth-order valence-electron chi connectivity index (χ4n) is 1.06. The largest absolute Gasteiger partial charge is 0.481 e. The Morgan fingerprint density at radius 1 is 1.08 bits per heavy atom. The average Bonchev–Trinajstić information content (AvgIpc) is 2.09. The minimum absolute atomic E-state index is 0. The molecule has 1 aliphatic rings. The molecule has 0 aromatic carbocycles. The molecule has 0 heterocycles. The Hall–Kier alpha value is 0.0934. The first kappa shape index (κ1) is 14.6. The van der Waals surface area contributed by atoms with Gasteiger partial charge in [-0.25, -0.2) is 0 Å². The van der Waals surface area contributed by atoms with Gasteiger partial charge in [0, 0.05) is 25.9 Å². The molecule has 12 heavy (non-hydrogen) atoms. The summed E-state index contributed by atoms with van der Waals surface area (Å²) in [4.78, 5) is 9.37. The van der Waals surface area contributed by atoms with E-state index in [0.29, 0.717) is 0 Å². The van der Waals surface area contributed by atoms with Crippen LogP contribution in [0.15, 0.2) is 0 Å². The van der Waals surface area contributed by atoms with Gasteiger partial charge in [-0.3, -0.25) is 4.79 Å². The zero-order valence-electron chi connectivity index (χ0n) is 7.66. The average molecular weight is 259 g/mol. The van der Waals surface area contributed by atoms with Crippen molar-refractivity contribution in [2.75, 3.05) is 0 Å². The van der Waals surface area contributed by atoms with E-state index in [1.165, 1.54) is 38.5 Å². The van der Waals surface area contributed by atoms with E-state index in [1.54, 1.807) is 6.92 Å². The Balaban J connectivity index is 0. The van der Waals surface area contributed by atoms with Crippen LogP contribution < -0.4 is 0 Å². The molecule has 0 aromatic heterocycles.